The maximum Gasteiger partial charge on any atom is 0.332 e. The van der Waals surface area contributed by atoms with E-state index in [4.69, 9.17) is 9.47 Å². The van der Waals surface area contributed by atoms with Gasteiger partial charge in [-0.3, -0.25) is 13.9 Å². The molecule has 152 valence electrons. The van der Waals surface area contributed by atoms with Crippen LogP contribution in [0, 0.1) is 0 Å². The molecule has 28 heavy (non-hydrogen) atoms. The van der Waals surface area contributed by atoms with Crippen molar-refractivity contribution in [2.75, 3.05) is 37.1 Å². The number of nitrogens with zero attached hydrogens (tertiary/aromatic N) is 4. The lowest BCUT2D eigenvalue weighted by atomic mass is 10.2. The molecular weight excluding hydrogens is 388 g/mol. The van der Waals surface area contributed by atoms with Crippen molar-refractivity contribution in [1.82, 2.24) is 9.13 Å². The Morgan fingerprint density at radius 1 is 1.04 bits per heavy atom. The molecule has 0 spiro atoms. The van der Waals surface area contributed by atoms with E-state index in [1.54, 1.807) is 25.2 Å². The summed E-state index contributed by atoms with van der Waals surface area (Å²) in [5.74, 6) is 0.558. The van der Waals surface area contributed by atoms with Crippen molar-refractivity contribution in [3.8, 4) is 11.5 Å². The number of ether oxygens (including phenoxy) is 2. The molecule has 2 aromatic rings. The molecule has 0 atom stereocenters. The molecule has 0 saturated carbocycles. The smallest absolute Gasteiger partial charge is 0.332 e. The van der Waals surface area contributed by atoms with Crippen LogP contribution in [0.1, 0.15) is 5.56 Å². The maximum absolute atomic E-state index is 13.2. The van der Waals surface area contributed by atoms with Gasteiger partial charge in [-0.1, -0.05) is 0 Å². The Kier molecular flexibility index (Phi) is 4.88. The minimum Gasteiger partial charge on any atom is -0.497 e. The lowest BCUT2D eigenvalue weighted by Gasteiger charge is -2.21. The molecule has 1 aromatic carbocycles. The van der Waals surface area contributed by atoms with E-state index in [-0.39, 0.29) is 23.9 Å². The van der Waals surface area contributed by atoms with Gasteiger partial charge in [0, 0.05) is 26.7 Å². The number of hydrogen-bond donors (Lipinski definition) is 0. The van der Waals surface area contributed by atoms with Gasteiger partial charge in [0.15, 0.2) is 5.82 Å². The Morgan fingerprint density at radius 2 is 1.71 bits per heavy atom. The first kappa shape index (κ1) is 19.8. The Labute approximate surface area is 162 Å². The summed E-state index contributed by atoms with van der Waals surface area (Å²) in [6.45, 7) is -0.0729. The van der Waals surface area contributed by atoms with Gasteiger partial charge in [-0.25, -0.2) is 17.5 Å². The molecule has 0 unspecified atom stereocenters. The highest BCUT2D eigenvalue weighted by Crippen LogP contribution is 2.34. The number of aromatic nitrogens is 2. The largest absolute Gasteiger partial charge is 0.497 e. The lowest BCUT2D eigenvalue weighted by Crippen LogP contribution is -2.40. The highest BCUT2D eigenvalue weighted by Gasteiger charge is 2.38. The molecule has 0 amide bonds. The average molecular weight is 410 g/mol. The van der Waals surface area contributed by atoms with E-state index in [0.717, 1.165) is 8.87 Å². The van der Waals surface area contributed by atoms with Gasteiger partial charge in [0.2, 0.25) is 10.0 Å². The second kappa shape index (κ2) is 6.89. The van der Waals surface area contributed by atoms with Crippen LogP contribution >= 0.6 is 0 Å². The first-order valence-electron chi connectivity index (χ1n) is 8.34. The van der Waals surface area contributed by atoms with Crippen molar-refractivity contribution < 1.29 is 17.9 Å². The zero-order valence-corrected chi connectivity index (χ0v) is 17.1. The molecule has 0 saturated heterocycles. The Balaban J connectivity index is 2.12. The topological polar surface area (TPSA) is 103 Å². The monoisotopic (exact) mass is 410 g/mol. The summed E-state index contributed by atoms with van der Waals surface area (Å²) < 4.78 is 40.1. The van der Waals surface area contributed by atoms with E-state index in [9.17, 15) is 18.0 Å². The van der Waals surface area contributed by atoms with Crippen molar-refractivity contribution in [2.45, 2.75) is 5.75 Å². The van der Waals surface area contributed by atoms with E-state index in [1.807, 2.05) is 0 Å². The molecule has 0 radical (unpaired) electrons. The normalized spacial score (nSPS) is 13.6. The first-order chi connectivity index (χ1) is 13.1. The van der Waals surface area contributed by atoms with Gasteiger partial charge in [0.05, 0.1) is 20.0 Å². The van der Waals surface area contributed by atoms with Crippen LogP contribution in [0.4, 0.5) is 11.5 Å². The standard InChI is InChI=1S/C17H22N4O6S/c1-18-10-21(15-14(18)16(22)20(3)17(23)19(15)2)28(24,25)9-11-8-12(26-4)6-7-13(11)27-5/h6-8H,9-10H2,1-5H3. The summed E-state index contributed by atoms with van der Waals surface area (Å²) in [5, 5.41) is 0. The van der Waals surface area contributed by atoms with Crippen LogP contribution in [-0.2, 0) is 29.9 Å². The van der Waals surface area contributed by atoms with Crippen molar-refractivity contribution in [3.63, 3.8) is 0 Å². The van der Waals surface area contributed by atoms with Gasteiger partial charge in [0.25, 0.3) is 5.56 Å². The van der Waals surface area contributed by atoms with E-state index in [2.05, 4.69) is 0 Å². The van der Waals surface area contributed by atoms with Crippen LogP contribution in [0.15, 0.2) is 27.8 Å². The van der Waals surface area contributed by atoms with Gasteiger partial charge in [0.1, 0.15) is 23.9 Å². The summed E-state index contributed by atoms with van der Waals surface area (Å²) >= 11 is 0. The second-order valence-electron chi connectivity index (χ2n) is 6.50. The second-order valence-corrected chi connectivity index (χ2v) is 8.39. The molecule has 1 aliphatic rings. The third-order valence-corrected chi connectivity index (χ3v) is 6.37. The number of benzene rings is 1. The van der Waals surface area contributed by atoms with Gasteiger partial charge in [-0.15, -0.1) is 0 Å². The maximum atomic E-state index is 13.2. The van der Waals surface area contributed by atoms with Gasteiger partial charge < -0.3 is 14.4 Å². The van der Waals surface area contributed by atoms with E-state index in [1.165, 1.54) is 37.8 Å². The molecule has 2 heterocycles. The quantitative estimate of drug-likeness (QED) is 0.675. The van der Waals surface area contributed by atoms with E-state index >= 15 is 0 Å². The number of anilines is 2. The molecule has 1 aromatic heterocycles. The highest BCUT2D eigenvalue weighted by atomic mass is 32.2. The number of fused-ring (bicyclic) bond motifs is 1. The number of rotatable bonds is 5. The van der Waals surface area contributed by atoms with Gasteiger partial charge in [-0.2, -0.15) is 0 Å². The summed E-state index contributed by atoms with van der Waals surface area (Å²) in [6.07, 6.45) is 0. The SMILES string of the molecule is COc1ccc(OC)c(CS(=O)(=O)N2CN(C)c3c2n(C)c(=O)n(C)c3=O)c1. The van der Waals surface area contributed by atoms with Crippen molar-refractivity contribution in [2.24, 2.45) is 14.1 Å². The first-order valence-corrected chi connectivity index (χ1v) is 9.95. The zero-order valence-electron chi connectivity index (χ0n) is 16.3. The molecule has 11 heteroatoms. The van der Waals surface area contributed by atoms with E-state index in [0.29, 0.717) is 17.1 Å². The fraction of sp³-hybridized carbons (Fsp3) is 0.412. The van der Waals surface area contributed by atoms with Crippen LogP contribution in [0.5, 0.6) is 11.5 Å². The molecule has 0 bridgehead atoms. The molecule has 3 rings (SSSR count). The molecule has 0 N–H and O–H groups in total. The molecule has 10 nitrogen and oxygen atoms in total. The third kappa shape index (κ3) is 3.01. The molecule has 1 aliphatic heterocycles. The van der Waals surface area contributed by atoms with Crippen LogP contribution in [-0.4, -0.2) is 45.5 Å². The van der Waals surface area contributed by atoms with Crippen molar-refractivity contribution in [1.29, 1.82) is 0 Å². The third-order valence-electron chi connectivity index (χ3n) is 4.73. The zero-order chi connectivity index (χ0) is 20.8. The Hall–Kier alpha value is -2.95. The molecular formula is C17H22N4O6S. The van der Waals surface area contributed by atoms with Crippen molar-refractivity contribution >= 4 is 21.5 Å². The van der Waals surface area contributed by atoms with Crippen molar-refractivity contribution in [3.05, 3.63) is 44.6 Å². The minimum atomic E-state index is -3.94. The average Bonchev–Trinajstić information content (AvgIpc) is 3.02. The van der Waals surface area contributed by atoms with Gasteiger partial charge >= 0.3 is 5.69 Å². The predicted octanol–water partition coefficient (Wildman–Crippen LogP) is -0.155. The minimum absolute atomic E-state index is 0.0532. The fourth-order valence-corrected chi connectivity index (χ4v) is 4.85. The Morgan fingerprint density at radius 3 is 2.32 bits per heavy atom. The molecule has 0 aliphatic carbocycles. The lowest BCUT2D eigenvalue weighted by molar-refractivity contribution is 0.400. The Bertz CT molecular complexity index is 1150. The summed E-state index contributed by atoms with van der Waals surface area (Å²) in [5.41, 5.74) is -0.576. The van der Waals surface area contributed by atoms with E-state index < -0.39 is 21.3 Å². The van der Waals surface area contributed by atoms with Gasteiger partial charge in [-0.05, 0) is 18.2 Å². The van der Waals surface area contributed by atoms with Crippen LogP contribution in [0.2, 0.25) is 0 Å². The number of methoxy groups -OCH3 is 2. The van der Waals surface area contributed by atoms with Crippen LogP contribution in [0.3, 0.4) is 0 Å². The summed E-state index contributed by atoms with van der Waals surface area (Å²) in [4.78, 5) is 26.3. The van der Waals surface area contributed by atoms with Crippen LogP contribution < -0.4 is 29.9 Å². The number of sulfonamides is 1. The number of hydrogen-bond acceptors (Lipinski definition) is 7. The summed E-state index contributed by atoms with van der Waals surface area (Å²) in [6, 6.07) is 4.88. The highest BCUT2D eigenvalue weighted by molar-refractivity contribution is 7.92. The summed E-state index contributed by atoms with van der Waals surface area (Å²) in [7, 11) is 3.40. The predicted molar refractivity (Wildman–Crippen MR) is 105 cm³/mol. The fourth-order valence-electron chi connectivity index (χ4n) is 3.25. The van der Waals surface area contributed by atoms with Crippen LogP contribution in [0.25, 0.3) is 0 Å². The molecule has 0 fully saturated rings.